The molecule has 1 aliphatic carbocycles. The fraction of sp³-hybridized carbons (Fsp3) is 0.714. The van der Waals surface area contributed by atoms with Crippen molar-refractivity contribution in [3.8, 4) is 12.3 Å². The summed E-state index contributed by atoms with van der Waals surface area (Å²) < 4.78 is 0. The molecule has 0 aromatic heterocycles. The number of ketones is 1. The number of urea groups is 1. The lowest BCUT2D eigenvalue weighted by atomic mass is 9.83. The summed E-state index contributed by atoms with van der Waals surface area (Å²) in [4.78, 5) is 51.0. The van der Waals surface area contributed by atoms with Crippen LogP contribution in [0.2, 0.25) is 0 Å². The van der Waals surface area contributed by atoms with Gasteiger partial charge in [0.25, 0.3) is 0 Å². The van der Waals surface area contributed by atoms with E-state index in [9.17, 15) is 19.2 Å². The third-order valence-corrected chi connectivity index (χ3v) is 5.91. The van der Waals surface area contributed by atoms with E-state index in [0.717, 1.165) is 32.1 Å². The van der Waals surface area contributed by atoms with Crippen molar-refractivity contribution < 1.29 is 19.2 Å². The van der Waals surface area contributed by atoms with Gasteiger partial charge in [0.2, 0.25) is 11.8 Å². The van der Waals surface area contributed by atoms with Gasteiger partial charge in [-0.1, -0.05) is 19.3 Å². The lowest BCUT2D eigenvalue weighted by Gasteiger charge is -2.34. The lowest BCUT2D eigenvalue weighted by molar-refractivity contribution is -0.141. The third-order valence-electron chi connectivity index (χ3n) is 5.91. The van der Waals surface area contributed by atoms with E-state index in [1.165, 1.54) is 11.8 Å². The van der Waals surface area contributed by atoms with E-state index in [-0.39, 0.29) is 23.5 Å². The van der Waals surface area contributed by atoms with Crippen molar-refractivity contribution in [2.24, 2.45) is 11.7 Å². The Morgan fingerprint density at radius 1 is 1.10 bits per heavy atom. The molecule has 0 radical (unpaired) electrons. The molecule has 0 aromatic rings. The monoisotopic (exact) mass is 404 g/mol. The molecular weight excluding hydrogens is 372 g/mol. The Hall–Kier alpha value is -2.56. The Morgan fingerprint density at radius 2 is 1.79 bits per heavy atom. The number of carbonyl (C=O) groups excluding carboxylic acids is 4. The fourth-order valence-corrected chi connectivity index (χ4v) is 4.36. The molecule has 2 aliphatic rings. The Morgan fingerprint density at radius 3 is 2.38 bits per heavy atom. The average Bonchev–Trinajstić information content (AvgIpc) is 3.19. The molecule has 0 spiro atoms. The van der Waals surface area contributed by atoms with Crippen LogP contribution >= 0.6 is 0 Å². The zero-order chi connectivity index (χ0) is 21.4. The van der Waals surface area contributed by atoms with Gasteiger partial charge in [0.15, 0.2) is 5.78 Å². The van der Waals surface area contributed by atoms with Gasteiger partial charge in [0.1, 0.15) is 12.1 Å². The number of terminal acetylenes is 1. The van der Waals surface area contributed by atoms with E-state index in [2.05, 4.69) is 16.6 Å². The molecule has 2 rings (SSSR count). The van der Waals surface area contributed by atoms with Crippen molar-refractivity contribution in [1.82, 2.24) is 15.5 Å². The number of hydrogen-bond donors (Lipinski definition) is 3. The number of carbonyl (C=O) groups is 4. The number of nitrogens with one attached hydrogen (secondary N) is 2. The van der Waals surface area contributed by atoms with Crippen LogP contribution in [0.25, 0.3) is 0 Å². The second-order valence-electron chi connectivity index (χ2n) is 7.99. The van der Waals surface area contributed by atoms with Crippen LogP contribution in [-0.2, 0) is 14.4 Å². The van der Waals surface area contributed by atoms with Crippen molar-refractivity contribution in [2.75, 3.05) is 6.54 Å². The summed E-state index contributed by atoms with van der Waals surface area (Å²) in [7, 11) is 0. The largest absolute Gasteiger partial charge is 0.352 e. The van der Waals surface area contributed by atoms with Crippen LogP contribution in [0.1, 0.15) is 64.7 Å². The SMILES string of the molecule is C#CCCC(NC(=O)C1CCCN1C(=O)C(NC(N)=O)C1CCCCC1)C(C)=O. The molecule has 2 fully saturated rings. The quantitative estimate of drug-likeness (QED) is 0.524. The van der Waals surface area contributed by atoms with Gasteiger partial charge in [-0.05, 0) is 44.9 Å². The first-order valence-corrected chi connectivity index (χ1v) is 10.5. The number of Topliss-reactive ketones (excluding diaryl/α,β-unsaturated/α-hetero) is 1. The topological polar surface area (TPSA) is 122 Å². The van der Waals surface area contributed by atoms with Gasteiger partial charge < -0.3 is 21.3 Å². The number of likely N-dealkylation sites (tertiary alicyclic amines) is 1. The molecule has 4 N–H and O–H groups in total. The molecule has 4 amide bonds. The standard InChI is InChI=1S/C21H32N4O4/c1-3-4-11-16(14(2)26)23-19(27)17-12-8-13-25(17)20(28)18(24-21(22)29)15-9-6-5-7-10-15/h1,15-18H,4-13H2,2H3,(H,23,27)(H3,22,24,29). The highest BCUT2D eigenvalue weighted by Gasteiger charge is 2.41. The lowest BCUT2D eigenvalue weighted by Crippen LogP contribution is -2.57. The Labute approximate surface area is 172 Å². The predicted octanol–water partition coefficient (Wildman–Crippen LogP) is 1.08. The van der Waals surface area contributed by atoms with E-state index in [4.69, 9.17) is 12.2 Å². The average molecular weight is 405 g/mol. The van der Waals surface area contributed by atoms with Crippen LogP contribution < -0.4 is 16.4 Å². The fourth-order valence-electron chi connectivity index (χ4n) is 4.36. The minimum atomic E-state index is -0.736. The second-order valence-corrected chi connectivity index (χ2v) is 7.99. The number of nitrogens with two attached hydrogens (primary N) is 1. The zero-order valence-electron chi connectivity index (χ0n) is 17.1. The first-order chi connectivity index (χ1) is 13.8. The summed E-state index contributed by atoms with van der Waals surface area (Å²) in [5.74, 6) is 1.71. The maximum absolute atomic E-state index is 13.3. The third kappa shape index (κ3) is 6.21. The van der Waals surface area contributed by atoms with Crippen LogP contribution in [0.3, 0.4) is 0 Å². The first-order valence-electron chi connectivity index (χ1n) is 10.5. The predicted molar refractivity (Wildman–Crippen MR) is 108 cm³/mol. The van der Waals surface area contributed by atoms with Crippen LogP contribution in [0.4, 0.5) is 4.79 Å². The van der Waals surface area contributed by atoms with Crippen molar-refractivity contribution in [2.45, 2.75) is 82.8 Å². The van der Waals surface area contributed by atoms with Gasteiger partial charge in [0, 0.05) is 13.0 Å². The molecule has 160 valence electrons. The van der Waals surface area contributed by atoms with E-state index in [1.807, 2.05) is 0 Å². The minimum Gasteiger partial charge on any atom is -0.352 e. The first kappa shape index (κ1) is 22.7. The molecule has 29 heavy (non-hydrogen) atoms. The summed E-state index contributed by atoms with van der Waals surface area (Å²) in [6, 6.07) is -2.77. The van der Waals surface area contributed by atoms with Crippen LogP contribution in [-0.4, -0.2) is 53.2 Å². The number of nitrogens with zero attached hydrogens (tertiary/aromatic N) is 1. The molecular formula is C21H32N4O4. The van der Waals surface area contributed by atoms with E-state index >= 15 is 0 Å². The molecule has 0 aromatic carbocycles. The van der Waals surface area contributed by atoms with Crippen LogP contribution in [0.5, 0.6) is 0 Å². The van der Waals surface area contributed by atoms with E-state index in [1.54, 1.807) is 0 Å². The van der Waals surface area contributed by atoms with Gasteiger partial charge >= 0.3 is 6.03 Å². The van der Waals surface area contributed by atoms with Crippen molar-refractivity contribution >= 4 is 23.6 Å². The van der Waals surface area contributed by atoms with Gasteiger partial charge in [-0.3, -0.25) is 14.4 Å². The van der Waals surface area contributed by atoms with Crippen molar-refractivity contribution in [3.05, 3.63) is 0 Å². The molecule has 8 nitrogen and oxygen atoms in total. The number of amides is 4. The highest BCUT2D eigenvalue weighted by molar-refractivity contribution is 5.94. The van der Waals surface area contributed by atoms with Gasteiger partial charge in [-0.15, -0.1) is 12.3 Å². The molecule has 1 saturated heterocycles. The van der Waals surface area contributed by atoms with Crippen LogP contribution in [0, 0.1) is 18.3 Å². The van der Waals surface area contributed by atoms with Gasteiger partial charge in [0.05, 0.1) is 6.04 Å². The maximum atomic E-state index is 13.3. The summed E-state index contributed by atoms with van der Waals surface area (Å²) in [6.07, 6.45) is 12.0. The van der Waals surface area contributed by atoms with Crippen LogP contribution in [0.15, 0.2) is 0 Å². The molecule has 1 aliphatic heterocycles. The number of primary amides is 1. The van der Waals surface area contributed by atoms with E-state index < -0.39 is 24.2 Å². The zero-order valence-corrected chi connectivity index (χ0v) is 17.1. The number of rotatable bonds is 8. The smallest absolute Gasteiger partial charge is 0.312 e. The van der Waals surface area contributed by atoms with E-state index in [0.29, 0.717) is 32.2 Å². The highest BCUT2D eigenvalue weighted by atomic mass is 16.2. The van der Waals surface area contributed by atoms with Crippen molar-refractivity contribution in [1.29, 1.82) is 0 Å². The van der Waals surface area contributed by atoms with Gasteiger partial charge in [-0.2, -0.15) is 0 Å². The normalized spacial score (nSPS) is 21.7. The minimum absolute atomic E-state index is 0.0219. The summed E-state index contributed by atoms with van der Waals surface area (Å²) in [5.41, 5.74) is 5.32. The molecule has 8 heteroatoms. The second kappa shape index (κ2) is 10.8. The molecule has 1 heterocycles. The van der Waals surface area contributed by atoms with Gasteiger partial charge in [-0.25, -0.2) is 4.79 Å². The maximum Gasteiger partial charge on any atom is 0.312 e. The summed E-state index contributed by atoms with van der Waals surface area (Å²) in [6.45, 7) is 1.85. The Balaban J connectivity index is 2.10. The molecule has 0 bridgehead atoms. The Kier molecular flexibility index (Phi) is 8.50. The number of hydrogen-bond acceptors (Lipinski definition) is 4. The molecule has 1 saturated carbocycles. The molecule has 3 unspecified atom stereocenters. The molecule has 3 atom stereocenters. The highest BCUT2D eigenvalue weighted by Crippen LogP contribution is 2.29. The van der Waals surface area contributed by atoms with Crippen molar-refractivity contribution in [3.63, 3.8) is 0 Å². The summed E-state index contributed by atoms with van der Waals surface area (Å²) in [5, 5.41) is 5.36. The summed E-state index contributed by atoms with van der Waals surface area (Å²) >= 11 is 0. The Bertz CT molecular complexity index is 666.